The number of carboxylic acids is 1. The summed E-state index contributed by atoms with van der Waals surface area (Å²) in [5.41, 5.74) is 10.2. The summed E-state index contributed by atoms with van der Waals surface area (Å²) in [6, 6.07) is 29.4. The van der Waals surface area contributed by atoms with Crippen LogP contribution in [0.3, 0.4) is 0 Å². The summed E-state index contributed by atoms with van der Waals surface area (Å²) in [6.45, 7) is 0.142. The zero-order valence-electron chi connectivity index (χ0n) is 19.6. The molecule has 0 heterocycles. The van der Waals surface area contributed by atoms with Crippen molar-refractivity contribution >= 4 is 12.1 Å². The van der Waals surface area contributed by atoms with E-state index in [1.165, 1.54) is 22.3 Å². The van der Waals surface area contributed by atoms with Crippen LogP contribution in [0.1, 0.15) is 33.7 Å². The van der Waals surface area contributed by atoms with Gasteiger partial charge in [-0.25, -0.2) is 9.59 Å². The Morgan fingerprint density at radius 2 is 1.42 bits per heavy atom. The monoisotopic (exact) mass is 475 g/mol. The van der Waals surface area contributed by atoms with E-state index in [1.54, 1.807) is 0 Å². The topological polar surface area (TPSA) is 75.6 Å². The number of benzene rings is 4. The second-order valence-corrected chi connectivity index (χ2v) is 9.39. The molecule has 4 aromatic rings. The SMILES string of the molecule is O=C(NC(Cc1ccc2c(c1)Cc1ccccc1-2)C(=O)O)OCC1c2ccccc2-c2ccccc21. The van der Waals surface area contributed by atoms with E-state index in [4.69, 9.17) is 4.74 Å². The molecule has 5 heteroatoms. The van der Waals surface area contributed by atoms with Gasteiger partial charge in [-0.3, -0.25) is 0 Å². The zero-order chi connectivity index (χ0) is 24.6. The van der Waals surface area contributed by atoms with Crippen LogP contribution in [0.15, 0.2) is 91.0 Å². The van der Waals surface area contributed by atoms with Crippen molar-refractivity contribution in [3.05, 3.63) is 119 Å². The largest absolute Gasteiger partial charge is 0.480 e. The van der Waals surface area contributed by atoms with Crippen molar-refractivity contribution in [2.24, 2.45) is 0 Å². The average molecular weight is 476 g/mol. The molecule has 0 saturated heterocycles. The Balaban J connectivity index is 1.13. The Morgan fingerprint density at radius 1 is 0.806 bits per heavy atom. The minimum absolute atomic E-state index is 0.0789. The second kappa shape index (κ2) is 9.00. The highest BCUT2D eigenvalue weighted by Crippen LogP contribution is 2.44. The number of fused-ring (bicyclic) bond motifs is 6. The van der Waals surface area contributed by atoms with E-state index >= 15 is 0 Å². The van der Waals surface area contributed by atoms with Gasteiger partial charge in [-0.1, -0.05) is 91.0 Å². The number of amides is 1. The summed E-state index contributed by atoms with van der Waals surface area (Å²) in [5, 5.41) is 12.3. The van der Waals surface area contributed by atoms with Crippen molar-refractivity contribution in [3.63, 3.8) is 0 Å². The van der Waals surface area contributed by atoms with E-state index in [9.17, 15) is 14.7 Å². The molecule has 0 saturated carbocycles. The predicted molar refractivity (Wildman–Crippen MR) is 138 cm³/mol. The van der Waals surface area contributed by atoms with Crippen LogP contribution < -0.4 is 5.32 Å². The molecule has 0 bridgehead atoms. The number of ether oxygens (including phenoxy) is 1. The quantitative estimate of drug-likeness (QED) is 0.326. The maximum Gasteiger partial charge on any atom is 0.407 e. The van der Waals surface area contributed by atoms with Gasteiger partial charge in [0.05, 0.1) is 0 Å². The maximum absolute atomic E-state index is 12.7. The molecule has 6 rings (SSSR count). The lowest BCUT2D eigenvalue weighted by atomic mass is 9.98. The first-order valence-electron chi connectivity index (χ1n) is 12.1. The molecule has 0 aliphatic heterocycles. The van der Waals surface area contributed by atoms with Crippen molar-refractivity contribution in [2.75, 3.05) is 6.61 Å². The number of hydrogen-bond donors (Lipinski definition) is 2. The molecular formula is C31H25NO4. The Labute approximate surface area is 209 Å². The molecule has 2 aliphatic rings. The van der Waals surface area contributed by atoms with Crippen LogP contribution in [0.25, 0.3) is 22.3 Å². The third-order valence-electron chi connectivity index (χ3n) is 7.23. The van der Waals surface area contributed by atoms with Crippen LogP contribution in [0.5, 0.6) is 0 Å². The Hall–Kier alpha value is -4.38. The van der Waals surface area contributed by atoms with Crippen molar-refractivity contribution < 1.29 is 19.4 Å². The number of aliphatic carboxylic acids is 1. The molecule has 178 valence electrons. The van der Waals surface area contributed by atoms with Crippen LogP contribution in [0.4, 0.5) is 4.79 Å². The summed E-state index contributed by atoms with van der Waals surface area (Å²) in [7, 11) is 0. The molecule has 0 fully saturated rings. The third kappa shape index (κ3) is 3.93. The van der Waals surface area contributed by atoms with Gasteiger partial charge in [-0.15, -0.1) is 0 Å². The lowest BCUT2D eigenvalue weighted by molar-refractivity contribution is -0.139. The van der Waals surface area contributed by atoms with Gasteiger partial charge in [0.1, 0.15) is 12.6 Å². The fraction of sp³-hybridized carbons (Fsp3) is 0.161. The van der Waals surface area contributed by atoms with E-state index in [0.29, 0.717) is 0 Å². The Kier molecular flexibility index (Phi) is 5.53. The van der Waals surface area contributed by atoms with Gasteiger partial charge in [0.25, 0.3) is 0 Å². The summed E-state index contributed by atoms with van der Waals surface area (Å²) < 4.78 is 5.56. The van der Waals surface area contributed by atoms with Gasteiger partial charge in [0.2, 0.25) is 0 Å². The van der Waals surface area contributed by atoms with Gasteiger partial charge in [-0.2, -0.15) is 0 Å². The van der Waals surface area contributed by atoms with E-state index in [2.05, 4.69) is 29.6 Å². The van der Waals surface area contributed by atoms with Crippen LogP contribution in [0, 0.1) is 0 Å². The van der Waals surface area contributed by atoms with Crippen molar-refractivity contribution in [3.8, 4) is 22.3 Å². The summed E-state index contributed by atoms with van der Waals surface area (Å²) in [5.74, 6) is -1.17. The smallest absolute Gasteiger partial charge is 0.407 e. The van der Waals surface area contributed by atoms with Crippen LogP contribution in [-0.4, -0.2) is 29.8 Å². The molecule has 5 nitrogen and oxygen atoms in total. The number of alkyl carbamates (subject to hydrolysis) is 1. The van der Waals surface area contributed by atoms with Crippen LogP contribution in [-0.2, 0) is 22.4 Å². The number of hydrogen-bond acceptors (Lipinski definition) is 3. The molecule has 4 aromatic carbocycles. The molecule has 0 spiro atoms. The summed E-state index contributed by atoms with van der Waals surface area (Å²) >= 11 is 0. The lowest BCUT2D eigenvalue weighted by Crippen LogP contribution is -2.42. The highest BCUT2D eigenvalue weighted by Gasteiger charge is 2.30. The van der Waals surface area contributed by atoms with Gasteiger partial charge >= 0.3 is 12.1 Å². The van der Waals surface area contributed by atoms with Crippen molar-refractivity contribution in [1.29, 1.82) is 0 Å². The van der Waals surface area contributed by atoms with E-state index in [1.807, 2.05) is 66.7 Å². The molecular weight excluding hydrogens is 450 g/mol. The first-order chi connectivity index (χ1) is 17.6. The molecule has 2 N–H and O–H groups in total. The van der Waals surface area contributed by atoms with Gasteiger partial charge in [0, 0.05) is 12.3 Å². The summed E-state index contributed by atoms with van der Waals surface area (Å²) in [6.07, 6.45) is 0.290. The van der Waals surface area contributed by atoms with E-state index in [0.717, 1.165) is 34.2 Å². The average Bonchev–Trinajstić information content (AvgIpc) is 3.42. The Bertz CT molecular complexity index is 1450. The predicted octanol–water partition coefficient (Wildman–Crippen LogP) is 5.79. The normalized spacial score (nSPS) is 13.8. The maximum atomic E-state index is 12.7. The fourth-order valence-electron chi connectivity index (χ4n) is 5.54. The van der Waals surface area contributed by atoms with Gasteiger partial charge < -0.3 is 15.2 Å². The Morgan fingerprint density at radius 3 is 2.11 bits per heavy atom. The zero-order valence-corrected chi connectivity index (χ0v) is 19.6. The first-order valence-corrected chi connectivity index (χ1v) is 12.1. The first kappa shape index (κ1) is 22.1. The number of carboxylic acid groups (broad SMARTS) is 1. The molecule has 36 heavy (non-hydrogen) atoms. The van der Waals surface area contributed by atoms with Gasteiger partial charge in [0.15, 0.2) is 0 Å². The van der Waals surface area contributed by atoms with Crippen molar-refractivity contribution in [2.45, 2.75) is 24.8 Å². The highest BCUT2D eigenvalue weighted by molar-refractivity contribution is 5.82. The standard InChI is InChI=1S/C31H25NO4/c33-30(34)29(16-19-13-14-23-21(15-19)17-20-7-1-2-8-22(20)23)32-31(35)36-18-28-26-11-5-3-9-24(26)25-10-4-6-12-27(25)28/h1-15,28-29H,16-18H2,(H,32,35)(H,33,34). The fourth-order valence-corrected chi connectivity index (χ4v) is 5.54. The molecule has 1 unspecified atom stereocenters. The number of nitrogens with one attached hydrogen (secondary N) is 1. The van der Waals surface area contributed by atoms with Crippen LogP contribution in [0.2, 0.25) is 0 Å². The second-order valence-electron chi connectivity index (χ2n) is 9.39. The highest BCUT2D eigenvalue weighted by atomic mass is 16.5. The van der Waals surface area contributed by atoms with Crippen LogP contribution >= 0.6 is 0 Å². The molecule has 1 atom stereocenters. The minimum Gasteiger partial charge on any atom is -0.480 e. The van der Waals surface area contributed by atoms with E-state index < -0.39 is 18.1 Å². The summed E-state index contributed by atoms with van der Waals surface area (Å²) in [4.78, 5) is 24.6. The lowest BCUT2D eigenvalue weighted by Gasteiger charge is -2.18. The van der Waals surface area contributed by atoms with Gasteiger partial charge in [-0.05, 0) is 56.5 Å². The number of carbonyl (C=O) groups is 2. The third-order valence-corrected chi connectivity index (χ3v) is 7.23. The van der Waals surface area contributed by atoms with Crippen molar-refractivity contribution in [1.82, 2.24) is 5.32 Å². The minimum atomic E-state index is -1.09. The number of carbonyl (C=O) groups excluding carboxylic acids is 1. The van der Waals surface area contributed by atoms with E-state index in [-0.39, 0.29) is 18.9 Å². The molecule has 2 aliphatic carbocycles. The molecule has 0 radical (unpaired) electrons. The molecule has 0 aromatic heterocycles. The molecule has 1 amide bonds. The number of rotatable bonds is 6.